The maximum atomic E-state index is 12.2. The van der Waals surface area contributed by atoms with Crippen LogP contribution in [-0.4, -0.2) is 36.8 Å². The van der Waals surface area contributed by atoms with Gasteiger partial charge in [0.05, 0.1) is 23.4 Å². The predicted octanol–water partition coefficient (Wildman–Crippen LogP) is 3.45. The minimum absolute atomic E-state index is 0.0589. The number of imidazole rings is 1. The number of thioether (sulfide) groups is 1. The smallest absolute Gasteiger partial charge is 0.475 e. The lowest BCUT2D eigenvalue weighted by molar-refractivity contribution is -0.192. The quantitative estimate of drug-likeness (QED) is 0.528. The number of nitrogens with zero attached hydrogens (tertiary/aromatic N) is 3. The Morgan fingerprint density at radius 1 is 1.35 bits per heavy atom. The first kappa shape index (κ1) is 21.9. The number of aryl methyl sites for hydroxylation is 2. The lowest BCUT2D eigenvalue weighted by atomic mass is 9.43. The van der Waals surface area contributed by atoms with E-state index >= 15 is 0 Å². The molecule has 2 bridgehead atoms. The standard InChI is InChI=1S/C18H22N4OS.C2HF3O2/c1-2-22-10-19-15(18-6-11(7-18)8-18)14(22)9-24-17-20-13-5-3-4-12(13)16(23)21-17;3-2(4,5)1(6)7/h10-11H,2-9H2,1H3,(H,20,21,23);(H,6,7). The van der Waals surface area contributed by atoms with Gasteiger partial charge in [-0.25, -0.2) is 14.8 Å². The number of halogens is 3. The maximum absolute atomic E-state index is 12.2. The van der Waals surface area contributed by atoms with Crippen LogP contribution in [0.4, 0.5) is 13.2 Å². The first-order valence-electron chi connectivity index (χ1n) is 10.2. The fourth-order valence-corrected chi connectivity index (χ4v) is 5.58. The Hall–Kier alpha value is -2.30. The SMILES string of the molecule is CCn1cnc(C23CC(C2)C3)c1CSc1nc2c(c(=O)[nH]1)CCC2.O=C(O)C(F)(F)F. The van der Waals surface area contributed by atoms with Crippen LogP contribution in [0.2, 0.25) is 0 Å². The Kier molecular flexibility index (Phi) is 5.65. The Morgan fingerprint density at radius 3 is 2.58 bits per heavy atom. The van der Waals surface area contributed by atoms with Crippen LogP contribution in [-0.2, 0) is 35.3 Å². The van der Waals surface area contributed by atoms with Crippen LogP contribution in [0.1, 0.15) is 55.3 Å². The molecule has 3 saturated carbocycles. The summed E-state index contributed by atoms with van der Waals surface area (Å²) in [4.78, 5) is 33.5. The number of aromatic amines is 1. The van der Waals surface area contributed by atoms with E-state index in [9.17, 15) is 18.0 Å². The van der Waals surface area contributed by atoms with Crippen molar-refractivity contribution in [2.75, 3.05) is 0 Å². The molecule has 0 radical (unpaired) electrons. The molecule has 2 N–H and O–H groups in total. The predicted molar refractivity (Wildman–Crippen MR) is 107 cm³/mol. The number of aromatic nitrogens is 4. The number of aliphatic carboxylic acids is 1. The molecule has 31 heavy (non-hydrogen) atoms. The number of carboxylic acids is 1. The summed E-state index contributed by atoms with van der Waals surface area (Å²) in [5.74, 6) is -0.975. The first-order chi connectivity index (χ1) is 14.6. The highest BCUT2D eigenvalue weighted by molar-refractivity contribution is 7.98. The Labute approximate surface area is 180 Å². The molecule has 0 aliphatic heterocycles. The molecule has 0 aromatic carbocycles. The van der Waals surface area contributed by atoms with Crippen LogP contribution in [0.25, 0.3) is 0 Å². The van der Waals surface area contributed by atoms with Gasteiger partial charge in [-0.05, 0) is 51.4 Å². The molecule has 2 aromatic heterocycles. The highest BCUT2D eigenvalue weighted by atomic mass is 32.2. The van der Waals surface area contributed by atoms with E-state index in [1.807, 2.05) is 6.33 Å². The molecule has 0 spiro atoms. The molecule has 168 valence electrons. The van der Waals surface area contributed by atoms with E-state index in [1.165, 1.54) is 30.7 Å². The average molecular weight is 456 g/mol. The summed E-state index contributed by atoms with van der Waals surface area (Å²) in [5, 5.41) is 7.88. The van der Waals surface area contributed by atoms with Gasteiger partial charge < -0.3 is 14.7 Å². The number of nitrogens with one attached hydrogen (secondary N) is 1. The number of carboxylic acid groups (broad SMARTS) is 1. The number of hydrogen-bond acceptors (Lipinski definition) is 5. The van der Waals surface area contributed by atoms with Crippen molar-refractivity contribution in [3.8, 4) is 0 Å². The van der Waals surface area contributed by atoms with Crippen molar-refractivity contribution in [3.05, 3.63) is 39.3 Å². The molecular weight excluding hydrogens is 433 g/mol. The van der Waals surface area contributed by atoms with Crippen molar-refractivity contribution in [1.82, 2.24) is 19.5 Å². The second-order valence-electron chi connectivity index (χ2n) is 8.33. The van der Waals surface area contributed by atoms with Crippen LogP contribution < -0.4 is 5.56 Å². The van der Waals surface area contributed by atoms with E-state index in [4.69, 9.17) is 14.9 Å². The average Bonchev–Trinajstić information content (AvgIpc) is 3.24. The highest BCUT2D eigenvalue weighted by Gasteiger charge is 2.59. The minimum Gasteiger partial charge on any atom is -0.475 e. The molecule has 3 fully saturated rings. The van der Waals surface area contributed by atoms with E-state index in [0.29, 0.717) is 5.41 Å². The monoisotopic (exact) mass is 456 g/mol. The van der Waals surface area contributed by atoms with Gasteiger partial charge in [0.1, 0.15) is 0 Å². The van der Waals surface area contributed by atoms with Gasteiger partial charge in [0, 0.05) is 23.3 Å². The summed E-state index contributed by atoms with van der Waals surface area (Å²) in [5.41, 5.74) is 4.97. The summed E-state index contributed by atoms with van der Waals surface area (Å²) in [6, 6.07) is 0. The number of H-pyrrole nitrogens is 1. The second-order valence-corrected chi connectivity index (χ2v) is 9.29. The summed E-state index contributed by atoms with van der Waals surface area (Å²) >= 11 is 1.64. The Morgan fingerprint density at radius 2 is 2.03 bits per heavy atom. The lowest BCUT2D eigenvalue weighted by Gasteiger charge is -2.61. The number of hydrogen-bond donors (Lipinski definition) is 2. The summed E-state index contributed by atoms with van der Waals surface area (Å²) in [6.07, 6.45) is 3.73. The van der Waals surface area contributed by atoms with Crippen LogP contribution >= 0.6 is 11.8 Å². The molecule has 4 aliphatic rings. The fourth-order valence-electron chi connectivity index (χ4n) is 4.67. The molecular formula is C20H23F3N4O3S. The van der Waals surface area contributed by atoms with E-state index in [-0.39, 0.29) is 5.56 Å². The third-order valence-corrected chi connectivity index (χ3v) is 7.22. The molecule has 0 amide bonds. The van der Waals surface area contributed by atoms with Crippen LogP contribution in [0.15, 0.2) is 16.3 Å². The largest absolute Gasteiger partial charge is 0.490 e. The van der Waals surface area contributed by atoms with Gasteiger partial charge in [-0.3, -0.25) is 4.79 Å². The number of rotatable bonds is 5. The zero-order valence-electron chi connectivity index (χ0n) is 17.0. The van der Waals surface area contributed by atoms with Crippen molar-refractivity contribution in [2.24, 2.45) is 5.92 Å². The van der Waals surface area contributed by atoms with Crippen LogP contribution in [0, 0.1) is 5.92 Å². The van der Waals surface area contributed by atoms with Gasteiger partial charge in [0.15, 0.2) is 5.16 Å². The first-order valence-corrected chi connectivity index (χ1v) is 11.2. The van der Waals surface area contributed by atoms with Crippen molar-refractivity contribution in [3.63, 3.8) is 0 Å². The molecule has 4 aliphatic carbocycles. The van der Waals surface area contributed by atoms with Gasteiger partial charge in [-0.1, -0.05) is 11.8 Å². The molecule has 2 aromatic rings. The zero-order valence-corrected chi connectivity index (χ0v) is 17.8. The maximum Gasteiger partial charge on any atom is 0.490 e. The van der Waals surface area contributed by atoms with Crippen molar-refractivity contribution in [2.45, 2.75) is 74.5 Å². The van der Waals surface area contributed by atoms with Crippen molar-refractivity contribution < 1.29 is 23.1 Å². The summed E-state index contributed by atoms with van der Waals surface area (Å²) in [6.45, 7) is 3.10. The van der Waals surface area contributed by atoms with E-state index in [1.54, 1.807) is 11.8 Å². The summed E-state index contributed by atoms with van der Waals surface area (Å²) in [7, 11) is 0. The van der Waals surface area contributed by atoms with Gasteiger partial charge in [0.25, 0.3) is 5.56 Å². The van der Waals surface area contributed by atoms with Crippen LogP contribution in [0.5, 0.6) is 0 Å². The number of carbonyl (C=O) groups is 1. The third-order valence-electron chi connectivity index (χ3n) is 6.34. The third kappa shape index (κ3) is 4.11. The number of fused-ring (bicyclic) bond motifs is 1. The van der Waals surface area contributed by atoms with E-state index in [0.717, 1.165) is 53.9 Å². The lowest BCUT2D eigenvalue weighted by Crippen LogP contribution is -2.55. The molecule has 0 atom stereocenters. The highest BCUT2D eigenvalue weighted by Crippen LogP contribution is 2.65. The number of alkyl halides is 3. The molecule has 0 saturated heterocycles. The Bertz CT molecular complexity index is 1050. The van der Waals surface area contributed by atoms with E-state index in [2.05, 4.69) is 21.5 Å². The molecule has 0 unspecified atom stereocenters. The van der Waals surface area contributed by atoms with Crippen molar-refractivity contribution in [1.29, 1.82) is 0 Å². The summed E-state index contributed by atoms with van der Waals surface area (Å²) < 4.78 is 34.0. The topological polar surface area (TPSA) is 101 Å². The van der Waals surface area contributed by atoms with Gasteiger partial charge in [-0.15, -0.1) is 0 Å². The minimum atomic E-state index is -5.08. The Balaban J connectivity index is 0.000000289. The van der Waals surface area contributed by atoms with Gasteiger partial charge in [0.2, 0.25) is 0 Å². The zero-order chi connectivity index (χ0) is 22.4. The van der Waals surface area contributed by atoms with Gasteiger partial charge in [-0.2, -0.15) is 13.2 Å². The normalized spacial score (nSPS) is 23.3. The van der Waals surface area contributed by atoms with Crippen LogP contribution in [0.3, 0.4) is 0 Å². The van der Waals surface area contributed by atoms with Gasteiger partial charge >= 0.3 is 12.1 Å². The molecule has 11 heteroatoms. The fraction of sp³-hybridized carbons (Fsp3) is 0.600. The molecule has 2 heterocycles. The molecule has 6 rings (SSSR count). The van der Waals surface area contributed by atoms with E-state index < -0.39 is 12.1 Å². The second kappa shape index (κ2) is 7.99. The molecule has 7 nitrogen and oxygen atoms in total. The van der Waals surface area contributed by atoms with Crippen molar-refractivity contribution >= 4 is 17.7 Å².